The minimum atomic E-state index is -0.660. The molecule has 1 amide bonds. The van der Waals surface area contributed by atoms with E-state index >= 15 is 0 Å². The Morgan fingerprint density at radius 2 is 1.89 bits per heavy atom. The summed E-state index contributed by atoms with van der Waals surface area (Å²) in [6.45, 7) is 3.42. The molecule has 5 heteroatoms. The molecule has 0 fully saturated rings. The highest BCUT2D eigenvalue weighted by molar-refractivity contribution is 5.93. The van der Waals surface area contributed by atoms with Crippen molar-refractivity contribution in [3.8, 4) is 0 Å². The molecule has 0 saturated carbocycles. The molecule has 1 aromatic carbocycles. The molecule has 0 spiro atoms. The first-order valence-corrected chi connectivity index (χ1v) is 6.00. The Bertz CT molecular complexity index is 635. The van der Waals surface area contributed by atoms with Crippen LogP contribution in [0.15, 0.2) is 47.3 Å². The topological polar surface area (TPSA) is 64.0 Å². The summed E-state index contributed by atoms with van der Waals surface area (Å²) in [6, 6.07) is 11.5. The Balaban J connectivity index is 2.20. The van der Waals surface area contributed by atoms with Gasteiger partial charge in [-0.15, -0.1) is 0 Å². The minimum Gasteiger partial charge on any atom is -0.324 e. The summed E-state index contributed by atoms with van der Waals surface area (Å²) in [7, 11) is 0. The van der Waals surface area contributed by atoms with E-state index in [2.05, 4.69) is 10.4 Å². The first-order chi connectivity index (χ1) is 9.08. The molecule has 1 heterocycles. The number of carbonyl (C=O) groups excluding carboxylic acids is 1. The molecule has 0 aliphatic rings. The van der Waals surface area contributed by atoms with Crippen LogP contribution in [0.1, 0.15) is 18.7 Å². The van der Waals surface area contributed by atoms with Crippen molar-refractivity contribution in [2.24, 2.45) is 0 Å². The number of para-hydroxylation sites is 1. The summed E-state index contributed by atoms with van der Waals surface area (Å²) >= 11 is 0. The van der Waals surface area contributed by atoms with E-state index in [1.54, 1.807) is 32.0 Å². The van der Waals surface area contributed by atoms with Gasteiger partial charge in [0.2, 0.25) is 5.91 Å². The number of benzene rings is 1. The van der Waals surface area contributed by atoms with Crippen LogP contribution in [0.3, 0.4) is 0 Å². The Morgan fingerprint density at radius 1 is 1.21 bits per heavy atom. The van der Waals surface area contributed by atoms with Crippen molar-refractivity contribution in [2.75, 3.05) is 5.32 Å². The van der Waals surface area contributed by atoms with Crippen LogP contribution in [-0.4, -0.2) is 15.7 Å². The van der Waals surface area contributed by atoms with E-state index in [-0.39, 0.29) is 11.5 Å². The number of hydrogen-bond donors (Lipinski definition) is 1. The normalized spacial score (nSPS) is 11.9. The van der Waals surface area contributed by atoms with Crippen molar-refractivity contribution in [1.29, 1.82) is 0 Å². The van der Waals surface area contributed by atoms with Gasteiger partial charge >= 0.3 is 0 Å². The molecule has 19 heavy (non-hydrogen) atoms. The second-order valence-electron chi connectivity index (χ2n) is 4.29. The molecule has 2 rings (SSSR count). The van der Waals surface area contributed by atoms with Crippen LogP contribution in [0.25, 0.3) is 0 Å². The third-order valence-electron chi connectivity index (χ3n) is 2.75. The number of aromatic nitrogens is 2. The van der Waals surface area contributed by atoms with Crippen molar-refractivity contribution in [2.45, 2.75) is 19.9 Å². The highest BCUT2D eigenvalue weighted by Crippen LogP contribution is 2.09. The molecule has 0 bridgehead atoms. The van der Waals surface area contributed by atoms with Crippen molar-refractivity contribution in [1.82, 2.24) is 9.78 Å². The summed E-state index contributed by atoms with van der Waals surface area (Å²) in [5.74, 6) is -0.272. The number of nitrogens with zero attached hydrogens (tertiary/aromatic N) is 2. The lowest BCUT2D eigenvalue weighted by molar-refractivity contribution is -0.119. The van der Waals surface area contributed by atoms with E-state index in [1.165, 1.54) is 10.7 Å². The molecule has 5 nitrogen and oxygen atoms in total. The molecule has 1 N–H and O–H groups in total. The fourth-order valence-electron chi connectivity index (χ4n) is 1.68. The van der Waals surface area contributed by atoms with Crippen molar-refractivity contribution in [3.63, 3.8) is 0 Å². The van der Waals surface area contributed by atoms with E-state index < -0.39 is 6.04 Å². The standard InChI is InChI=1S/C14H15N3O2/c1-10-8-9-13(18)17(16-10)11(2)14(19)15-12-6-4-3-5-7-12/h3-9,11H,1-2H3,(H,15,19). The highest BCUT2D eigenvalue weighted by Gasteiger charge is 2.17. The molecular weight excluding hydrogens is 242 g/mol. The molecule has 1 aromatic heterocycles. The van der Waals surface area contributed by atoms with Gasteiger partial charge in [-0.2, -0.15) is 5.10 Å². The average molecular weight is 257 g/mol. The lowest BCUT2D eigenvalue weighted by Gasteiger charge is -2.14. The van der Waals surface area contributed by atoms with Gasteiger partial charge in [0.25, 0.3) is 5.56 Å². The molecule has 2 aromatic rings. The fourth-order valence-corrected chi connectivity index (χ4v) is 1.68. The number of hydrogen-bond acceptors (Lipinski definition) is 3. The second-order valence-corrected chi connectivity index (χ2v) is 4.29. The van der Waals surface area contributed by atoms with Crippen LogP contribution in [0, 0.1) is 6.92 Å². The number of amides is 1. The first kappa shape index (κ1) is 13.0. The summed E-state index contributed by atoms with van der Waals surface area (Å²) in [5.41, 5.74) is 1.10. The van der Waals surface area contributed by atoms with Crippen molar-refractivity contribution < 1.29 is 4.79 Å². The van der Waals surface area contributed by atoms with Crippen molar-refractivity contribution >= 4 is 11.6 Å². The molecule has 1 atom stereocenters. The van der Waals surface area contributed by atoms with E-state index in [1.807, 2.05) is 18.2 Å². The number of nitrogens with one attached hydrogen (secondary N) is 1. The van der Waals surface area contributed by atoms with Gasteiger partial charge in [-0.05, 0) is 32.0 Å². The molecule has 0 radical (unpaired) electrons. The molecule has 98 valence electrons. The van der Waals surface area contributed by atoms with Gasteiger partial charge in [0.15, 0.2) is 0 Å². The van der Waals surface area contributed by atoms with E-state index in [4.69, 9.17) is 0 Å². The zero-order valence-electron chi connectivity index (χ0n) is 10.8. The lowest BCUT2D eigenvalue weighted by Crippen LogP contribution is -2.33. The summed E-state index contributed by atoms with van der Waals surface area (Å²) in [6.07, 6.45) is 0. The van der Waals surface area contributed by atoms with Crippen LogP contribution in [0.5, 0.6) is 0 Å². The molecule has 0 aliphatic heterocycles. The first-order valence-electron chi connectivity index (χ1n) is 6.00. The Morgan fingerprint density at radius 3 is 2.58 bits per heavy atom. The van der Waals surface area contributed by atoms with E-state index in [0.29, 0.717) is 11.4 Å². The predicted octanol–water partition coefficient (Wildman–Crippen LogP) is 1.75. The van der Waals surface area contributed by atoms with Crippen LogP contribution in [-0.2, 0) is 4.79 Å². The highest BCUT2D eigenvalue weighted by atomic mass is 16.2. The van der Waals surface area contributed by atoms with Crippen LogP contribution in [0.4, 0.5) is 5.69 Å². The van der Waals surface area contributed by atoms with Gasteiger partial charge in [0, 0.05) is 11.8 Å². The minimum absolute atomic E-state index is 0.272. The molecule has 1 unspecified atom stereocenters. The molecule has 0 saturated heterocycles. The maximum absolute atomic E-state index is 12.1. The third kappa shape index (κ3) is 3.07. The van der Waals surface area contributed by atoms with Gasteiger partial charge in [-0.3, -0.25) is 9.59 Å². The largest absolute Gasteiger partial charge is 0.324 e. The number of anilines is 1. The lowest BCUT2D eigenvalue weighted by atomic mass is 10.2. The van der Waals surface area contributed by atoms with Crippen LogP contribution in [0.2, 0.25) is 0 Å². The van der Waals surface area contributed by atoms with E-state index in [0.717, 1.165) is 0 Å². The number of aryl methyl sites for hydroxylation is 1. The third-order valence-corrected chi connectivity index (χ3v) is 2.75. The van der Waals surface area contributed by atoms with Gasteiger partial charge < -0.3 is 5.32 Å². The Hall–Kier alpha value is -2.43. The average Bonchev–Trinajstić information content (AvgIpc) is 2.42. The maximum atomic E-state index is 12.1. The predicted molar refractivity (Wildman–Crippen MR) is 73.0 cm³/mol. The fraction of sp³-hybridized carbons (Fsp3) is 0.214. The second kappa shape index (κ2) is 5.48. The van der Waals surface area contributed by atoms with Crippen LogP contribution >= 0.6 is 0 Å². The zero-order chi connectivity index (χ0) is 13.8. The quantitative estimate of drug-likeness (QED) is 0.911. The van der Waals surface area contributed by atoms with Crippen LogP contribution < -0.4 is 10.9 Å². The van der Waals surface area contributed by atoms with E-state index in [9.17, 15) is 9.59 Å². The Labute approximate surface area is 110 Å². The van der Waals surface area contributed by atoms with Gasteiger partial charge in [0.1, 0.15) is 6.04 Å². The SMILES string of the molecule is Cc1ccc(=O)n(C(C)C(=O)Nc2ccccc2)n1. The summed E-state index contributed by atoms with van der Waals surface area (Å²) in [5, 5.41) is 6.83. The monoisotopic (exact) mass is 257 g/mol. The van der Waals surface area contributed by atoms with Gasteiger partial charge in [-0.1, -0.05) is 18.2 Å². The zero-order valence-corrected chi connectivity index (χ0v) is 10.8. The summed E-state index contributed by atoms with van der Waals surface area (Å²) < 4.78 is 1.19. The van der Waals surface area contributed by atoms with Gasteiger partial charge in [-0.25, -0.2) is 4.68 Å². The number of carbonyl (C=O) groups is 1. The molecule has 0 aliphatic carbocycles. The maximum Gasteiger partial charge on any atom is 0.267 e. The molecular formula is C14H15N3O2. The van der Waals surface area contributed by atoms with Gasteiger partial charge in [0.05, 0.1) is 5.69 Å². The number of rotatable bonds is 3. The Kier molecular flexibility index (Phi) is 3.75. The smallest absolute Gasteiger partial charge is 0.267 e. The van der Waals surface area contributed by atoms with Crippen molar-refractivity contribution in [3.05, 3.63) is 58.5 Å². The summed E-state index contributed by atoms with van der Waals surface area (Å²) in [4.78, 5) is 23.8.